The summed E-state index contributed by atoms with van der Waals surface area (Å²) in [7, 11) is 2.06. The van der Waals surface area contributed by atoms with Crippen molar-refractivity contribution in [2.24, 2.45) is 28.6 Å². The van der Waals surface area contributed by atoms with Crippen molar-refractivity contribution >= 4 is 23.4 Å². The number of piperidine rings is 1. The number of halogens is 1. The fraction of sp³-hybridized carbons (Fsp3) is 0.795. The fourth-order valence-corrected chi connectivity index (χ4v) is 10.9. The molecule has 5 rings (SSSR count). The van der Waals surface area contributed by atoms with E-state index in [9.17, 15) is 9.59 Å². The highest BCUT2D eigenvalue weighted by atomic mass is 35.5. The number of unbranched alkanes of at least 4 members (excludes halogenated alkanes) is 9. The van der Waals surface area contributed by atoms with Crippen LogP contribution in [0.15, 0.2) is 24.3 Å². The molecule has 1 aromatic rings. The van der Waals surface area contributed by atoms with Crippen molar-refractivity contribution in [1.82, 2.24) is 9.80 Å². The summed E-state index contributed by atoms with van der Waals surface area (Å²) in [5.74, 6) is 3.07. The largest absolute Gasteiger partial charge is 0.342 e. The predicted molar refractivity (Wildman–Crippen MR) is 183 cm³/mol. The lowest BCUT2D eigenvalue weighted by Gasteiger charge is -2.62. The lowest BCUT2D eigenvalue weighted by Crippen LogP contribution is -2.62. The Kier molecular flexibility index (Phi) is 11.5. The van der Waals surface area contributed by atoms with Crippen molar-refractivity contribution in [3.63, 3.8) is 0 Å². The second kappa shape index (κ2) is 14.9. The highest BCUT2D eigenvalue weighted by molar-refractivity contribution is 6.17. The van der Waals surface area contributed by atoms with Gasteiger partial charge >= 0.3 is 0 Å². The molecule has 1 heterocycles. The van der Waals surface area contributed by atoms with Gasteiger partial charge in [0.25, 0.3) is 5.91 Å². The molecule has 0 unspecified atom stereocenters. The highest BCUT2D eigenvalue weighted by Crippen LogP contribution is 2.65. The summed E-state index contributed by atoms with van der Waals surface area (Å²) in [5, 5.41) is 0. The molecule has 1 saturated heterocycles. The Hall–Kier alpha value is -1.55. The van der Waals surface area contributed by atoms with E-state index in [1.807, 2.05) is 24.3 Å². The number of carbonyl (C=O) groups is 2. The third-order valence-electron chi connectivity index (χ3n) is 13.2. The van der Waals surface area contributed by atoms with Crippen LogP contribution >= 0.6 is 11.6 Å². The van der Waals surface area contributed by atoms with Crippen molar-refractivity contribution in [2.75, 3.05) is 13.6 Å². The number of likely N-dealkylation sites (tertiary alicyclic amines) is 1. The number of carbonyl (C=O) groups excluding carboxylic acids is 2. The first-order valence-electron chi connectivity index (χ1n) is 18.5. The molecule has 5 heteroatoms. The molecule has 4 aliphatic rings. The quantitative estimate of drug-likeness (QED) is 0.153. The maximum Gasteiger partial charge on any atom is 0.254 e. The number of benzene rings is 1. The molecule has 4 nitrogen and oxygen atoms in total. The molecular weight excluding hydrogens is 564 g/mol. The zero-order valence-electron chi connectivity index (χ0n) is 28.4. The molecule has 1 aromatic carbocycles. The second-order valence-electron chi connectivity index (χ2n) is 15.6. The monoisotopic (exact) mass is 624 g/mol. The summed E-state index contributed by atoms with van der Waals surface area (Å²) in [5.41, 5.74) is 2.23. The first-order chi connectivity index (χ1) is 21.2. The van der Waals surface area contributed by atoms with E-state index in [4.69, 9.17) is 11.6 Å². The molecule has 3 saturated carbocycles. The van der Waals surface area contributed by atoms with E-state index in [0.29, 0.717) is 42.1 Å². The average Bonchev–Trinajstić information content (AvgIpc) is 3.38. The van der Waals surface area contributed by atoms with E-state index in [0.717, 1.165) is 49.3 Å². The van der Waals surface area contributed by atoms with Crippen LogP contribution in [0.1, 0.15) is 152 Å². The van der Waals surface area contributed by atoms with Gasteiger partial charge in [-0.1, -0.05) is 90.7 Å². The van der Waals surface area contributed by atoms with Crippen molar-refractivity contribution in [3.05, 3.63) is 35.4 Å². The van der Waals surface area contributed by atoms with Crippen molar-refractivity contribution in [1.29, 1.82) is 0 Å². The number of alkyl halides is 1. The molecule has 0 aromatic heterocycles. The van der Waals surface area contributed by atoms with Crippen molar-refractivity contribution in [3.8, 4) is 0 Å². The third-order valence-corrected chi connectivity index (χ3v) is 13.5. The van der Waals surface area contributed by atoms with Gasteiger partial charge in [0.15, 0.2) is 0 Å². The minimum Gasteiger partial charge on any atom is -0.342 e. The zero-order chi connectivity index (χ0) is 31.3. The zero-order valence-corrected chi connectivity index (χ0v) is 29.2. The molecule has 0 N–H and O–H groups in total. The van der Waals surface area contributed by atoms with Crippen LogP contribution < -0.4 is 0 Å². The SMILES string of the molecule is CCCCCCCCCCCCN(C(=O)c1cccc(CCl)c1)[C@H]1CC[C@H]2[C@@H]3CC[C@H]4N(C)C(=O)CC[C@]4(C)[C@H]3CC[C@]12C. The predicted octanol–water partition coefficient (Wildman–Crippen LogP) is 10.0. The normalized spacial score (nSPS) is 33.1. The van der Waals surface area contributed by atoms with E-state index in [-0.39, 0.29) is 16.7 Å². The van der Waals surface area contributed by atoms with Gasteiger partial charge in [0.05, 0.1) is 0 Å². The van der Waals surface area contributed by atoms with Crippen molar-refractivity contribution in [2.45, 2.75) is 154 Å². The summed E-state index contributed by atoms with van der Waals surface area (Å²) < 4.78 is 0. The van der Waals surface area contributed by atoms with E-state index in [2.05, 4.69) is 37.6 Å². The van der Waals surface area contributed by atoms with Crippen LogP contribution in [-0.4, -0.2) is 47.3 Å². The molecule has 246 valence electrons. The van der Waals surface area contributed by atoms with Gasteiger partial charge in [-0.25, -0.2) is 0 Å². The Bertz CT molecular complexity index is 1120. The molecule has 4 fully saturated rings. The van der Waals surface area contributed by atoms with Gasteiger partial charge in [-0.3, -0.25) is 9.59 Å². The second-order valence-corrected chi connectivity index (χ2v) is 15.9. The van der Waals surface area contributed by atoms with Gasteiger partial charge in [0.2, 0.25) is 5.91 Å². The fourth-order valence-electron chi connectivity index (χ4n) is 10.8. The van der Waals surface area contributed by atoms with Crippen LogP contribution in [0.25, 0.3) is 0 Å². The first kappa shape index (κ1) is 33.8. The first-order valence-corrected chi connectivity index (χ1v) is 19.0. The van der Waals surface area contributed by atoms with E-state index in [1.165, 1.54) is 83.5 Å². The average molecular weight is 625 g/mol. The summed E-state index contributed by atoms with van der Waals surface area (Å²) >= 11 is 6.20. The smallest absolute Gasteiger partial charge is 0.254 e. The van der Waals surface area contributed by atoms with E-state index < -0.39 is 0 Å². The van der Waals surface area contributed by atoms with Crippen LogP contribution in [0.5, 0.6) is 0 Å². The summed E-state index contributed by atoms with van der Waals surface area (Å²) in [4.78, 5) is 31.4. The number of hydrogen-bond donors (Lipinski definition) is 0. The summed E-state index contributed by atoms with van der Waals surface area (Å²) in [6, 6.07) is 8.75. The van der Waals surface area contributed by atoms with Gasteiger partial charge in [-0.05, 0) is 97.6 Å². The lowest BCUT2D eigenvalue weighted by atomic mass is 9.47. The maximum absolute atomic E-state index is 14.3. The molecule has 0 bridgehead atoms. The number of fused-ring (bicyclic) bond motifs is 5. The number of rotatable bonds is 14. The molecule has 3 aliphatic carbocycles. The Balaban J connectivity index is 1.28. The van der Waals surface area contributed by atoms with Crippen LogP contribution in [0.4, 0.5) is 0 Å². The third kappa shape index (κ3) is 6.77. The van der Waals surface area contributed by atoms with E-state index >= 15 is 0 Å². The number of hydrogen-bond acceptors (Lipinski definition) is 2. The van der Waals surface area contributed by atoms with Crippen LogP contribution in [0.2, 0.25) is 0 Å². The minimum absolute atomic E-state index is 0.166. The molecule has 1 aliphatic heterocycles. The molecule has 44 heavy (non-hydrogen) atoms. The Labute approximate surface area is 274 Å². The van der Waals surface area contributed by atoms with Gasteiger partial charge in [0.1, 0.15) is 0 Å². The lowest BCUT2D eigenvalue weighted by molar-refractivity contribution is -0.158. The van der Waals surface area contributed by atoms with Gasteiger partial charge < -0.3 is 9.80 Å². The Morgan fingerprint density at radius 2 is 1.57 bits per heavy atom. The maximum atomic E-state index is 14.3. The standard InChI is InChI=1S/C39H61ClN2O2/c1-5-6-7-8-9-10-11-12-13-14-26-42(37(44)30-17-15-16-29(27-30)28-40)35-21-19-32-31-18-20-34-38(2,25-23-36(43)41(34)4)33(31)22-24-39(32,35)3/h15-17,27,31-35H,5-14,18-26,28H2,1-4H3/t31-,32-,33-,34+,35-,38+,39-/m0/s1. The molecular formula is C39H61ClN2O2. The van der Waals surface area contributed by atoms with E-state index in [1.54, 1.807) is 0 Å². The van der Waals surface area contributed by atoms with Crippen LogP contribution in [0.3, 0.4) is 0 Å². The molecule has 2 amide bonds. The summed E-state index contributed by atoms with van der Waals surface area (Å²) in [6.45, 7) is 8.21. The number of amides is 2. The van der Waals surface area contributed by atoms with Gasteiger partial charge in [-0.15, -0.1) is 11.6 Å². The van der Waals surface area contributed by atoms with Crippen LogP contribution in [0, 0.1) is 28.6 Å². The van der Waals surface area contributed by atoms with Crippen molar-refractivity contribution < 1.29 is 9.59 Å². The highest BCUT2D eigenvalue weighted by Gasteiger charge is 2.62. The molecule has 0 spiro atoms. The Morgan fingerprint density at radius 3 is 2.27 bits per heavy atom. The number of nitrogens with zero attached hydrogens (tertiary/aromatic N) is 2. The summed E-state index contributed by atoms with van der Waals surface area (Å²) in [6.07, 6.45) is 22.0. The minimum atomic E-state index is 0.166. The Morgan fingerprint density at radius 1 is 0.886 bits per heavy atom. The van der Waals surface area contributed by atoms with Gasteiger partial charge in [0, 0.05) is 43.5 Å². The van der Waals surface area contributed by atoms with Crippen LogP contribution in [-0.2, 0) is 10.7 Å². The van der Waals surface area contributed by atoms with Gasteiger partial charge in [-0.2, -0.15) is 0 Å². The molecule has 0 radical (unpaired) electrons. The molecule has 7 atom stereocenters. The topological polar surface area (TPSA) is 40.6 Å².